The van der Waals surface area contributed by atoms with E-state index in [4.69, 9.17) is 0 Å². The van der Waals surface area contributed by atoms with Crippen molar-refractivity contribution < 1.29 is 22.7 Å². The van der Waals surface area contributed by atoms with Gasteiger partial charge in [0.15, 0.2) is 0 Å². The lowest BCUT2D eigenvalue weighted by molar-refractivity contribution is -0.115. The number of carbonyl (C=O) groups excluding carboxylic acids is 2. The molecule has 0 saturated heterocycles. The van der Waals surface area contributed by atoms with Crippen molar-refractivity contribution in [1.29, 1.82) is 0 Å². The quantitative estimate of drug-likeness (QED) is 0.762. The topological polar surface area (TPSA) is 102 Å². The van der Waals surface area contributed by atoms with E-state index in [-0.39, 0.29) is 4.90 Å². The first-order valence-corrected chi connectivity index (χ1v) is 8.85. The van der Waals surface area contributed by atoms with E-state index in [1.54, 1.807) is 25.1 Å². The van der Waals surface area contributed by atoms with Gasteiger partial charge < -0.3 is 10.1 Å². The largest absolute Gasteiger partial charge is 0.465 e. The molecule has 0 spiro atoms. The highest BCUT2D eigenvalue weighted by Gasteiger charge is 2.17. The molecule has 2 N–H and O–H groups in total. The summed E-state index contributed by atoms with van der Waals surface area (Å²) in [7, 11) is -2.50. The Labute approximate surface area is 146 Å². The number of sulfonamides is 1. The Morgan fingerprint density at radius 1 is 1.04 bits per heavy atom. The van der Waals surface area contributed by atoms with Crippen LogP contribution >= 0.6 is 0 Å². The highest BCUT2D eigenvalue weighted by molar-refractivity contribution is 7.89. The number of benzene rings is 2. The molecule has 0 heterocycles. The second kappa shape index (κ2) is 7.91. The van der Waals surface area contributed by atoms with Crippen molar-refractivity contribution in [2.75, 3.05) is 19.0 Å². The second-order valence-electron chi connectivity index (χ2n) is 5.21. The van der Waals surface area contributed by atoms with E-state index in [0.29, 0.717) is 16.8 Å². The van der Waals surface area contributed by atoms with Crippen molar-refractivity contribution in [1.82, 2.24) is 4.72 Å². The molecule has 0 aliphatic heterocycles. The van der Waals surface area contributed by atoms with Gasteiger partial charge in [-0.25, -0.2) is 17.9 Å². The molecule has 0 saturated carbocycles. The summed E-state index contributed by atoms with van der Waals surface area (Å²) < 4.78 is 31.3. The van der Waals surface area contributed by atoms with Gasteiger partial charge in [0.25, 0.3) is 0 Å². The summed E-state index contributed by atoms with van der Waals surface area (Å²) in [5.74, 6) is -1.01. The summed E-state index contributed by atoms with van der Waals surface area (Å²) in [5.41, 5.74) is 1.38. The van der Waals surface area contributed by atoms with Crippen LogP contribution in [0.1, 0.15) is 15.9 Å². The molecule has 132 valence electrons. The van der Waals surface area contributed by atoms with Crippen LogP contribution in [-0.2, 0) is 19.6 Å². The van der Waals surface area contributed by atoms with Crippen molar-refractivity contribution in [3.05, 3.63) is 59.7 Å². The lowest BCUT2D eigenvalue weighted by atomic mass is 10.2. The predicted molar refractivity (Wildman–Crippen MR) is 92.8 cm³/mol. The summed E-state index contributed by atoms with van der Waals surface area (Å²) in [5, 5.41) is 2.55. The van der Waals surface area contributed by atoms with Crippen molar-refractivity contribution in [3.8, 4) is 0 Å². The third-order valence-corrected chi connectivity index (χ3v) is 4.96. The summed E-state index contributed by atoms with van der Waals surface area (Å²) in [6.45, 7) is 1.27. The molecule has 8 heteroatoms. The summed E-state index contributed by atoms with van der Waals surface area (Å²) in [4.78, 5) is 23.4. The molecule has 0 aromatic heterocycles. The van der Waals surface area contributed by atoms with Crippen LogP contribution in [0.25, 0.3) is 0 Å². The van der Waals surface area contributed by atoms with Crippen LogP contribution in [-0.4, -0.2) is 33.9 Å². The number of hydrogen-bond donors (Lipinski definition) is 2. The van der Waals surface area contributed by atoms with Gasteiger partial charge in [0.05, 0.1) is 24.1 Å². The average Bonchev–Trinajstić information content (AvgIpc) is 2.60. The lowest BCUT2D eigenvalue weighted by Crippen LogP contribution is -2.33. The first-order chi connectivity index (χ1) is 11.8. The van der Waals surface area contributed by atoms with Crippen LogP contribution in [0.5, 0.6) is 0 Å². The van der Waals surface area contributed by atoms with Gasteiger partial charge in [-0.05, 0) is 42.8 Å². The smallest absolute Gasteiger partial charge is 0.337 e. The minimum absolute atomic E-state index is 0.130. The van der Waals surface area contributed by atoms with E-state index in [0.717, 1.165) is 0 Å². The SMILES string of the molecule is COC(=O)c1ccc(NC(=O)CNS(=O)(=O)c2ccccc2C)cc1. The number of methoxy groups -OCH3 is 1. The number of rotatable bonds is 6. The number of ether oxygens (including phenoxy) is 1. The number of aryl methyl sites for hydroxylation is 1. The Balaban J connectivity index is 1.97. The van der Waals surface area contributed by atoms with E-state index >= 15 is 0 Å². The molecule has 0 atom stereocenters. The predicted octanol–water partition coefficient (Wildman–Crippen LogP) is 1.70. The molecule has 2 aromatic rings. The maximum Gasteiger partial charge on any atom is 0.337 e. The number of carbonyl (C=O) groups is 2. The highest BCUT2D eigenvalue weighted by Crippen LogP contribution is 2.14. The normalized spacial score (nSPS) is 11.0. The van der Waals surface area contributed by atoms with Crippen molar-refractivity contribution in [3.63, 3.8) is 0 Å². The van der Waals surface area contributed by atoms with Crippen LogP contribution in [0.4, 0.5) is 5.69 Å². The van der Waals surface area contributed by atoms with Crippen molar-refractivity contribution in [2.45, 2.75) is 11.8 Å². The van der Waals surface area contributed by atoms with Gasteiger partial charge in [-0.15, -0.1) is 0 Å². The Kier molecular flexibility index (Phi) is 5.89. The minimum Gasteiger partial charge on any atom is -0.465 e. The van der Waals surface area contributed by atoms with Crippen LogP contribution < -0.4 is 10.0 Å². The molecule has 1 amide bonds. The second-order valence-corrected chi connectivity index (χ2v) is 6.94. The van der Waals surface area contributed by atoms with E-state index in [1.165, 1.54) is 37.4 Å². The fourth-order valence-corrected chi connectivity index (χ4v) is 3.34. The summed E-state index contributed by atoms with van der Waals surface area (Å²) >= 11 is 0. The Morgan fingerprint density at radius 2 is 1.68 bits per heavy atom. The van der Waals surface area contributed by atoms with Crippen molar-refractivity contribution >= 4 is 27.6 Å². The number of anilines is 1. The fraction of sp³-hybridized carbons (Fsp3) is 0.176. The van der Waals surface area contributed by atoms with E-state index in [9.17, 15) is 18.0 Å². The first kappa shape index (κ1) is 18.6. The zero-order valence-electron chi connectivity index (χ0n) is 13.8. The Hall–Kier alpha value is -2.71. The molecule has 0 unspecified atom stereocenters. The number of esters is 1. The van der Waals surface area contributed by atoms with Gasteiger partial charge in [0.2, 0.25) is 15.9 Å². The van der Waals surface area contributed by atoms with Crippen LogP contribution in [0.2, 0.25) is 0 Å². The molecule has 0 aliphatic carbocycles. The molecular weight excluding hydrogens is 344 g/mol. The van der Waals surface area contributed by atoms with E-state index < -0.39 is 28.4 Å². The molecule has 0 bridgehead atoms. The Bertz CT molecular complexity index is 876. The van der Waals surface area contributed by atoms with Gasteiger partial charge >= 0.3 is 5.97 Å². The molecular formula is C17H18N2O5S. The maximum atomic E-state index is 12.2. The first-order valence-electron chi connectivity index (χ1n) is 7.37. The highest BCUT2D eigenvalue weighted by atomic mass is 32.2. The summed E-state index contributed by atoms with van der Waals surface area (Å²) in [6, 6.07) is 12.6. The number of amides is 1. The average molecular weight is 362 g/mol. The summed E-state index contributed by atoms with van der Waals surface area (Å²) in [6.07, 6.45) is 0. The third kappa shape index (κ3) is 4.88. The van der Waals surface area contributed by atoms with E-state index in [2.05, 4.69) is 14.8 Å². The van der Waals surface area contributed by atoms with Crippen LogP contribution in [0, 0.1) is 6.92 Å². The van der Waals surface area contributed by atoms with Gasteiger partial charge in [0, 0.05) is 5.69 Å². The van der Waals surface area contributed by atoms with Gasteiger partial charge in [-0.2, -0.15) is 0 Å². The van der Waals surface area contributed by atoms with Crippen LogP contribution in [0.3, 0.4) is 0 Å². The zero-order valence-corrected chi connectivity index (χ0v) is 14.6. The van der Waals surface area contributed by atoms with Gasteiger partial charge in [-0.1, -0.05) is 18.2 Å². The zero-order chi connectivity index (χ0) is 18.4. The standard InChI is InChI=1S/C17H18N2O5S/c1-12-5-3-4-6-15(12)25(22,23)18-11-16(20)19-14-9-7-13(8-10-14)17(21)24-2/h3-10,18H,11H2,1-2H3,(H,19,20). The fourth-order valence-electron chi connectivity index (χ4n) is 2.11. The molecule has 2 rings (SSSR count). The molecule has 0 fully saturated rings. The molecule has 7 nitrogen and oxygen atoms in total. The monoisotopic (exact) mass is 362 g/mol. The van der Waals surface area contributed by atoms with E-state index in [1.807, 2.05) is 0 Å². The maximum absolute atomic E-state index is 12.2. The number of hydrogen-bond acceptors (Lipinski definition) is 5. The van der Waals surface area contributed by atoms with Gasteiger partial charge in [-0.3, -0.25) is 4.79 Å². The minimum atomic E-state index is -3.77. The molecule has 25 heavy (non-hydrogen) atoms. The molecule has 2 aromatic carbocycles. The third-order valence-electron chi connectivity index (χ3n) is 3.40. The lowest BCUT2D eigenvalue weighted by Gasteiger charge is -2.10. The van der Waals surface area contributed by atoms with Gasteiger partial charge in [0.1, 0.15) is 0 Å². The Morgan fingerprint density at radius 3 is 2.28 bits per heavy atom. The number of nitrogens with one attached hydrogen (secondary N) is 2. The molecule has 0 aliphatic rings. The van der Waals surface area contributed by atoms with Crippen molar-refractivity contribution in [2.24, 2.45) is 0 Å². The molecule has 0 radical (unpaired) electrons. The van der Waals surface area contributed by atoms with Crippen LogP contribution in [0.15, 0.2) is 53.4 Å².